The molecule has 2 amide bonds. The van der Waals surface area contributed by atoms with E-state index in [9.17, 15) is 9.59 Å². The third-order valence-corrected chi connectivity index (χ3v) is 7.30. The van der Waals surface area contributed by atoms with Gasteiger partial charge in [-0.15, -0.1) is 0 Å². The minimum atomic E-state index is -0.307. The Labute approximate surface area is 187 Å². The summed E-state index contributed by atoms with van der Waals surface area (Å²) < 4.78 is 5.09. The van der Waals surface area contributed by atoms with E-state index in [4.69, 9.17) is 16.6 Å². The Morgan fingerprint density at radius 2 is 1.52 bits per heavy atom. The average Bonchev–Trinajstić information content (AvgIpc) is 3.22. The number of furan rings is 1. The lowest BCUT2D eigenvalue weighted by molar-refractivity contribution is -0.127. The maximum Gasteiger partial charge on any atom is 0.291 e. The number of hydrogen-bond acceptors (Lipinski definition) is 4. The predicted molar refractivity (Wildman–Crippen MR) is 123 cm³/mol. The third-order valence-electron chi connectivity index (χ3n) is 7.10. The van der Waals surface area contributed by atoms with Gasteiger partial charge in [-0.3, -0.25) is 9.59 Å². The molecule has 0 atom stereocenters. The van der Waals surface area contributed by atoms with Gasteiger partial charge in [0.2, 0.25) is 5.91 Å². The minimum Gasteiger partial charge on any atom is -0.459 e. The molecular formula is C24H27N3O3S. The molecule has 6 nitrogen and oxygen atoms in total. The zero-order valence-corrected chi connectivity index (χ0v) is 18.2. The fourth-order valence-corrected chi connectivity index (χ4v) is 6.65. The molecule has 1 aromatic carbocycles. The SMILES string of the molecule is O=C(CC12CC3CC(CC(C3)C1)C2)NC(=S)Nc1ccc(NC(=O)c2ccco2)cc1. The Hall–Kier alpha value is -2.67. The molecule has 4 saturated carbocycles. The van der Waals surface area contributed by atoms with Gasteiger partial charge in [0.15, 0.2) is 10.9 Å². The summed E-state index contributed by atoms with van der Waals surface area (Å²) in [5.74, 6) is 2.45. The second-order valence-corrected chi connectivity index (χ2v) is 10.0. The Morgan fingerprint density at radius 1 is 0.935 bits per heavy atom. The molecule has 0 spiro atoms. The van der Waals surface area contributed by atoms with E-state index in [1.165, 1.54) is 44.8 Å². The molecule has 4 aliphatic rings. The molecule has 0 radical (unpaired) electrons. The van der Waals surface area contributed by atoms with Crippen LogP contribution in [0.1, 0.15) is 55.5 Å². The maximum atomic E-state index is 12.7. The zero-order chi connectivity index (χ0) is 21.4. The lowest BCUT2D eigenvalue weighted by atomic mass is 9.49. The van der Waals surface area contributed by atoms with E-state index in [-0.39, 0.29) is 23.0 Å². The summed E-state index contributed by atoms with van der Waals surface area (Å²) in [5.41, 5.74) is 1.59. The van der Waals surface area contributed by atoms with Crippen molar-refractivity contribution in [3.05, 3.63) is 48.4 Å². The fourth-order valence-electron chi connectivity index (χ4n) is 6.42. The third kappa shape index (κ3) is 4.51. The van der Waals surface area contributed by atoms with E-state index >= 15 is 0 Å². The van der Waals surface area contributed by atoms with Crippen molar-refractivity contribution in [3.63, 3.8) is 0 Å². The summed E-state index contributed by atoms with van der Waals surface area (Å²) in [6.45, 7) is 0. The van der Waals surface area contributed by atoms with Gasteiger partial charge < -0.3 is 20.4 Å². The highest BCUT2D eigenvalue weighted by molar-refractivity contribution is 7.80. The largest absolute Gasteiger partial charge is 0.459 e. The molecule has 4 fully saturated rings. The van der Waals surface area contributed by atoms with Crippen molar-refractivity contribution in [1.82, 2.24) is 5.32 Å². The van der Waals surface area contributed by atoms with E-state index in [0.717, 1.165) is 23.4 Å². The second kappa shape index (κ2) is 8.11. The molecule has 4 aliphatic carbocycles. The van der Waals surface area contributed by atoms with Crippen molar-refractivity contribution in [2.45, 2.75) is 44.9 Å². The molecule has 0 saturated heterocycles. The average molecular weight is 438 g/mol. The van der Waals surface area contributed by atoms with Crippen LogP contribution in [0.2, 0.25) is 0 Å². The first-order valence-electron chi connectivity index (χ1n) is 11.0. The Balaban J connectivity index is 1.12. The molecule has 3 N–H and O–H groups in total. The van der Waals surface area contributed by atoms with E-state index in [1.807, 2.05) is 0 Å². The normalized spacial score (nSPS) is 28.2. The molecule has 1 heterocycles. The predicted octanol–water partition coefficient (Wildman–Crippen LogP) is 4.95. The van der Waals surface area contributed by atoms with Crippen LogP contribution in [0.25, 0.3) is 0 Å². The van der Waals surface area contributed by atoms with Crippen LogP contribution in [0.3, 0.4) is 0 Å². The number of benzene rings is 1. The van der Waals surface area contributed by atoms with Gasteiger partial charge >= 0.3 is 0 Å². The van der Waals surface area contributed by atoms with Crippen LogP contribution in [-0.4, -0.2) is 16.9 Å². The molecule has 0 aliphatic heterocycles. The molecule has 4 bridgehead atoms. The van der Waals surface area contributed by atoms with E-state index in [0.29, 0.717) is 17.2 Å². The second-order valence-electron chi connectivity index (χ2n) is 9.61. The van der Waals surface area contributed by atoms with Crippen LogP contribution in [-0.2, 0) is 4.79 Å². The number of thiocarbonyl (C=S) groups is 1. The number of carbonyl (C=O) groups excluding carboxylic acids is 2. The Morgan fingerprint density at radius 3 is 2.06 bits per heavy atom. The van der Waals surface area contributed by atoms with Crippen molar-refractivity contribution in [3.8, 4) is 0 Å². The van der Waals surface area contributed by atoms with Crippen LogP contribution in [0, 0.1) is 23.2 Å². The van der Waals surface area contributed by atoms with Crippen molar-refractivity contribution in [1.29, 1.82) is 0 Å². The molecule has 162 valence electrons. The highest BCUT2D eigenvalue weighted by atomic mass is 32.1. The first-order valence-corrected chi connectivity index (χ1v) is 11.4. The summed E-state index contributed by atoms with van der Waals surface area (Å²) in [6.07, 6.45) is 9.78. The first kappa shape index (κ1) is 20.2. The fraction of sp³-hybridized carbons (Fsp3) is 0.458. The lowest BCUT2D eigenvalue weighted by Gasteiger charge is -2.56. The minimum absolute atomic E-state index is 0.0155. The summed E-state index contributed by atoms with van der Waals surface area (Å²) in [4.78, 5) is 24.8. The van der Waals surface area contributed by atoms with E-state index in [1.54, 1.807) is 36.4 Å². The smallest absolute Gasteiger partial charge is 0.291 e. The van der Waals surface area contributed by atoms with Gasteiger partial charge in [0.1, 0.15) is 0 Å². The first-order chi connectivity index (χ1) is 15.0. The quantitative estimate of drug-likeness (QED) is 0.577. The molecule has 7 heteroatoms. The summed E-state index contributed by atoms with van der Waals surface area (Å²) in [7, 11) is 0. The Bertz CT molecular complexity index is 949. The van der Waals surface area contributed by atoms with Crippen molar-refractivity contribution in [2.24, 2.45) is 23.2 Å². The highest BCUT2D eigenvalue weighted by Gasteiger charge is 2.51. The number of rotatable bonds is 5. The zero-order valence-electron chi connectivity index (χ0n) is 17.4. The van der Waals surface area contributed by atoms with Crippen LogP contribution in [0.5, 0.6) is 0 Å². The topological polar surface area (TPSA) is 83.4 Å². The summed E-state index contributed by atoms with van der Waals surface area (Å²) >= 11 is 5.35. The van der Waals surface area contributed by atoms with Crippen LogP contribution >= 0.6 is 12.2 Å². The maximum absolute atomic E-state index is 12.7. The van der Waals surface area contributed by atoms with Crippen LogP contribution in [0.4, 0.5) is 11.4 Å². The monoisotopic (exact) mass is 437 g/mol. The molecule has 2 aromatic rings. The summed E-state index contributed by atoms with van der Waals surface area (Å²) in [6, 6.07) is 10.4. The van der Waals surface area contributed by atoms with Gasteiger partial charge in [-0.25, -0.2) is 0 Å². The van der Waals surface area contributed by atoms with Crippen LogP contribution < -0.4 is 16.0 Å². The van der Waals surface area contributed by atoms with E-state index in [2.05, 4.69) is 16.0 Å². The van der Waals surface area contributed by atoms with Gasteiger partial charge in [-0.05, 0) is 110 Å². The standard InChI is InChI=1S/C24H27N3O3S/c28-21(14-24-11-15-8-16(12-24)10-17(9-15)13-24)27-23(31)26-19-5-3-18(4-6-19)25-22(29)20-2-1-7-30-20/h1-7,15-17H,8-14H2,(H,25,29)(H2,26,27,28,31). The number of carbonyl (C=O) groups is 2. The van der Waals surface area contributed by atoms with Crippen molar-refractivity contribution in [2.75, 3.05) is 10.6 Å². The van der Waals surface area contributed by atoms with Gasteiger partial charge in [-0.2, -0.15) is 0 Å². The van der Waals surface area contributed by atoms with Gasteiger partial charge in [0.25, 0.3) is 5.91 Å². The van der Waals surface area contributed by atoms with Gasteiger partial charge in [0.05, 0.1) is 6.26 Å². The molecular weight excluding hydrogens is 410 g/mol. The van der Waals surface area contributed by atoms with Crippen molar-refractivity contribution >= 4 is 40.5 Å². The van der Waals surface area contributed by atoms with Crippen LogP contribution in [0.15, 0.2) is 47.1 Å². The molecule has 0 unspecified atom stereocenters. The van der Waals surface area contributed by atoms with E-state index < -0.39 is 0 Å². The number of amides is 2. The number of nitrogens with one attached hydrogen (secondary N) is 3. The Kier molecular flexibility index (Phi) is 5.30. The van der Waals surface area contributed by atoms with Gasteiger partial charge in [-0.1, -0.05) is 0 Å². The lowest BCUT2D eigenvalue weighted by Crippen LogP contribution is -2.48. The van der Waals surface area contributed by atoms with Crippen molar-refractivity contribution < 1.29 is 14.0 Å². The highest BCUT2D eigenvalue weighted by Crippen LogP contribution is 2.61. The molecule has 1 aromatic heterocycles. The van der Waals surface area contributed by atoms with Gasteiger partial charge in [0, 0.05) is 17.8 Å². The number of hydrogen-bond donors (Lipinski definition) is 3. The number of anilines is 2. The molecule has 31 heavy (non-hydrogen) atoms. The molecule has 6 rings (SSSR count). The summed E-state index contributed by atoms with van der Waals surface area (Å²) in [5, 5.41) is 9.00.